The van der Waals surface area contributed by atoms with Crippen LogP contribution >= 0.6 is 0 Å². The molecule has 0 aliphatic carbocycles. The van der Waals surface area contributed by atoms with Gasteiger partial charge in [0.2, 0.25) is 5.91 Å². The van der Waals surface area contributed by atoms with Gasteiger partial charge >= 0.3 is 0 Å². The van der Waals surface area contributed by atoms with Gasteiger partial charge in [-0.15, -0.1) is 0 Å². The molecule has 2 N–H and O–H groups in total. The number of rotatable bonds is 9. The van der Waals surface area contributed by atoms with Crippen LogP contribution in [0.3, 0.4) is 0 Å². The molecule has 0 aromatic heterocycles. The Balaban J connectivity index is 1.82. The molecule has 0 saturated carbocycles. The molecule has 0 aliphatic heterocycles. The zero-order chi connectivity index (χ0) is 18.1. The molecule has 2 rings (SSSR count). The first-order chi connectivity index (χ1) is 12.1. The lowest BCUT2D eigenvalue weighted by Gasteiger charge is -2.12. The van der Waals surface area contributed by atoms with Crippen molar-refractivity contribution in [1.82, 2.24) is 0 Å². The minimum absolute atomic E-state index is 0.114. The smallest absolute Gasteiger partial charge is 0.243 e. The summed E-state index contributed by atoms with van der Waals surface area (Å²) >= 11 is 0. The van der Waals surface area contributed by atoms with Crippen molar-refractivity contribution in [3.8, 4) is 11.5 Å². The third-order valence-electron chi connectivity index (χ3n) is 3.27. The minimum Gasteiger partial charge on any atom is -0.494 e. The highest BCUT2D eigenvalue weighted by Crippen LogP contribution is 2.19. The summed E-state index contributed by atoms with van der Waals surface area (Å²) < 4.78 is 11.2. The van der Waals surface area contributed by atoms with Crippen LogP contribution in [0, 0.1) is 0 Å². The van der Waals surface area contributed by atoms with Gasteiger partial charge in [0.1, 0.15) is 11.5 Å². The van der Waals surface area contributed by atoms with Crippen molar-refractivity contribution in [2.24, 2.45) is 0 Å². The molecular weight excluding hydrogens is 316 g/mol. The summed E-state index contributed by atoms with van der Waals surface area (Å²) in [6, 6.07) is 14.9. The zero-order valence-corrected chi connectivity index (χ0v) is 15.0. The summed E-state index contributed by atoms with van der Waals surface area (Å²) in [6.45, 7) is 6.89. The molecule has 0 fully saturated rings. The lowest BCUT2D eigenvalue weighted by molar-refractivity contribution is -0.114. The molecule has 0 bridgehead atoms. The van der Waals surface area contributed by atoms with Gasteiger partial charge in [-0.1, -0.05) is 13.0 Å². The number of hydrogen-bond acceptors (Lipinski definition) is 4. The van der Waals surface area contributed by atoms with Gasteiger partial charge in [-0.2, -0.15) is 0 Å². The van der Waals surface area contributed by atoms with Crippen molar-refractivity contribution in [2.45, 2.75) is 33.3 Å². The maximum atomic E-state index is 12.1. The van der Waals surface area contributed by atoms with Crippen molar-refractivity contribution >= 4 is 17.3 Å². The number of amides is 1. The Bertz CT molecular complexity index is 669. The number of anilines is 2. The number of carbonyl (C=O) groups excluding carboxylic acids is 1. The molecule has 2 aromatic carbocycles. The van der Waals surface area contributed by atoms with Crippen molar-refractivity contribution in [1.29, 1.82) is 0 Å². The normalized spacial score (nSPS) is 10.4. The summed E-state index contributed by atoms with van der Waals surface area (Å²) in [7, 11) is 0. The lowest BCUT2D eigenvalue weighted by Crippen LogP contribution is -2.21. The topological polar surface area (TPSA) is 59.6 Å². The van der Waals surface area contributed by atoms with E-state index in [0.29, 0.717) is 6.61 Å². The molecule has 0 atom stereocenters. The van der Waals surface area contributed by atoms with Crippen molar-refractivity contribution in [3.63, 3.8) is 0 Å². The molecule has 0 saturated heterocycles. The first-order valence-corrected chi connectivity index (χ1v) is 8.60. The van der Waals surface area contributed by atoms with E-state index in [2.05, 4.69) is 17.6 Å². The van der Waals surface area contributed by atoms with Crippen LogP contribution in [-0.4, -0.2) is 25.2 Å². The van der Waals surface area contributed by atoms with Gasteiger partial charge < -0.3 is 20.1 Å². The van der Waals surface area contributed by atoms with Crippen molar-refractivity contribution in [3.05, 3.63) is 48.5 Å². The minimum atomic E-state index is -0.114. The molecule has 25 heavy (non-hydrogen) atoms. The number of ether oxygens (including phenoxy) is 2. The third-order valence-corrected chi connectivity index (χ3v) is 3.27. The molecule has 1 amide bonds. The van der Waals surface area contributed by atoms with E-state index < -0.39 is 0 Å². The molecule has 0 heterocycles. The van der Waals surface area contributed by atoms with Crippen LogP contribution in [0.2, 0.25) is 0 Å². The second-order valence-electron chi connectivity index (χ2n) is 5.97. The van der Waals surface area contributed by atoms with Crippen LogP contribution in [-0.2, 0) is 4.79 Å². The summed E-state index contributed by atoms with van der Waals surface area (Å²) in [5, 5.41) is 5.95. The number of benzene rings is 2. The van der Waals surface area contributed by atoms with Gasteiger partial charge in [-0.25, -0.2) is 0 Å². The third kappa shape index (κ3) is 6.75. The highest BCUT2D eigenvalue weighted by molar-refractivity contribution is 5.93. The van der Waals surface area contributed by atoms with E-state index in [4.69, 9.17) is 9.47 Å². The molecule has 0 unspecified atom stereocenters. The van der Waals surface area contributed by atoms with Gasteiger partial charge in [0, 0.05) is 17.4 Å². The summed E-state index contributed by atoms with van der Waals surface area (Å²) in [5.74, 6) is 1.47. The van der Waals surface area contributed by atoms with Crippen molar-refractivity contribution < 1.29 is 14.3 Å². The van der Waals surface area contributed by atoms with E-state index in [0.717, 1.165) is 29.3 Å². The molecule has 2 aromatic rings. The highest BCUT2D eigenvalue weighted by atomic mass is 16.5. The summed E-state index contributed by atoms with van der Waals surface area (Å²) in [5.41, 5.74) is 1.59. The second kappa shape index (κ2) is 9.57. The monoisotopic (exact) mass is 342 g/mol. The van der Waals surface area contributed by atoms with Crippen LogP contribution in [0.15, 0.2) is 48.5 Å². The molecular formula is C20H26N2O3. The largest absolute Gasteiger partial charge is 0.494 e. The Morgan fingerprint density at radius 3 is 2.48 bits per heavy atom. The average Bonchev–Trinajstić information content (AvgIpc) is 2.59. The molecule has 0 spiro atoms. The maximum absolute atomic E-state index is 12.1. The van der Waals surface area contributed by atoms with E-state index >= 15 is 0 Å². The molecule has 5 nitrogen and oxygen atoms in total. The van der Waals surface area contributed by atoms with Gasteiger partial charge in [0.05, 0.1) is 19.3 Å². The van der Waals surface area contributed by atoms with Crippen LogP contribution in [0.25, 0.3) is 0 Å². The van der Waals surface area contributed by atoms with E-state index in [1.54, 1.807) is 0 Å². The second-order valence-corrected chi connectivity index (χ2v) is 5.97. The van der Waals surface area contributed by atoms with Gasteiger partial charge in [-0.3, -0.25) is 4.79 Å². The number of nitrogens with one attached hydrogen (secondary N) is 2. The maximum Gasteiger partial charge on any atom is 0.243 e. The predicted octanol–water partition coefficient (Wildman–Crippen LogP) is 4.31. The van der Waals surface area contributed by atoms with Crippen LogP contribution in [0.1, 0.15) is 27.2 Å². The first kappa shape index (κ1) is 18.6. The summed E-state index contributed by atoms with van der Waals surface area (Å²) in [6.07, 6.45) is 1.08. The Labute approximate surface area is 149 Å². The van der Waals surface area contributed by atoms with E-state index in [-0.39, 0.29) is 18.6 Å². The fourth-order valence-electron chi connectivity index (χ4n) is 2.19. The van der Waals surface area contributed by atoms with E-state index in [9.17, 15) is 4.79 Å². The fourth-order valence-corrected chi connectivity index (χ4v) is 2.19. The lowest BCUT2D eigenvalue weighted by atomic mass is 10.3. The molecule has 0 radical (unpaired) electrons. The Morgan fingerprint density at radius 2 is 1.80 bits per heavy atom. The van der Waals surface area contributed by atoms with Gasteiger partial charge in [0.15, 0.2) is 0 Å². The quantitative estimate of drug-likeness (QED) is 0.713. The van der Waals surface area contributed by atoms with Crippen LogP contribution < -0.4 is 20.1 Å². The first-order valence-electron chi connectivity index (χ1n) is 8.60. The highest BCUT2D eigenvalue weighted by Gasteiger charge is 2.04. The van der Waals surface area contributed by atoms with Crippen molar-refractivity contribution in [2.75, 3.05) is 23.8 Å². The standard InChI is InChI=1S/C20H26N2O3/c1-4-12-24-18-10-8-16(9-11-18)22-20(23)14-21-17-6-5-7-19(13-17)25-15(2)3/h5-11,13,15,21H,4,12,14H2,1-3H3,(H,22,23). The van der Waals surface area contributed by atoms with E-state index in [1.807, 2.05) is 62.4 Å². The summed E-state index contributed by atoms with van der Waals surface area (Å²) in [4.78, 5) is 12.1. The SMILES string of the molecule is CCCOc1ccc(NC(=O)CNc2cccc(OC(C)C)c2)cc1. The molecule has 5 heteroatoms. The fraction of sp³-hybridized carbons (Fsp3) is 0.350. The van der Waals surface area contributed by atoms with E-state index in [1.165, 1.54) is 0 Å². The van der Waals surface area contributed by atoms with Crippen LogP contribution in [0.5, 0.6) is 11.5 Å². The van der Waals surface area contributed by atoms with Gasteiger partial charge in [-0.05, 0) is 56.7 Å². The Morgan fingerprint density at radius 1 is 1.04 bits per heavy atom. The molecule has 0 aliphatic rings. The average molecular weight is 342 g/mol. The zero-order valence-electron chi connectivity index (χ0n) is 15.0. The molecule has 134 valence electrons. The number of hydrogen-bond donors (Lipinski definition) is 2. The number of carbonyl (C=O) groups is 1. The van der Waals surface area contributed by atoms with Crippen LogP contribution in [0.4, 0.5) is 11.4 Å². The Kier molecular flexibility index (Phi) is 7.14. The predicted molar refractivity (Wildman–Crippen MR) is 102 cm³/mol. The Hall–Kier alpha value is -2.69. The van der Waals surface area contributed by atoms with Gasteiger partial charge in [0.25, 0.3) is 0 Å².